The SMILES string of the molecule is COc1ccccc1[C@H](C)NC(=O)CCCOc1ccc(C)cc1. The Balaban J connectivity index is 1.73. The van der Waals surface area contributed by atoms with Crippen LogP contribution >= 0.6 is 0 Å². The molecule has 128 valence electrons. The molecule has 1 atom stereocenters. The zero-order chi connectivity index (χ0) is 17.4. The average Bonchev–Trinajstić information content (AvgIpc) is 2.60. The van der Waals surface area contributed by atoms with E-state index in [9.17, 15) is 4.79 Å². The summed E-state index contributed by atoms with van der Waals surface area (Å²) in [5, 5.41) is 3.00. The maximum Gasteiger partial charge on any atom is 0.220 e. The number of hydrogen-bond acceptors (Lipinski definition) is 3. The zero-order valence-electron chi connectivity index (χ0n) is 14.5. The van der Waals surface area contributed by atoms with E-state index in [1.807, 2.05) is 62.4 Å². The smallest absolute Gasteiger partial charge is 0.220 e. The number of carbonyl (C=O) groups excluding carboxylic acids is 1. The molecule has 2 aromatic rings. The molecular formula is C20H25NO3. The van der Waals surface area contributed by atoms with Gasteiger partial charge in [-0.2, -0.15) is 0 Å². The molecule has 0 heterocycles. The molecule has 0 radical (unpaired) electrons. The van der Waals surface area contributed by atoms with E-state index in [-0.39, 0.29) is 11.9 Å². The first-order valence-corrected chi connectivity index (χ1v) is 8.22. The van der Waals surface area contributed by atoms with Gasteiger partial charge in [0.25, 0.3) is 0 Å². The van der Waals surface area contributed by atoms with Gasteiger partial charge in [-0.25, -0.2) is 0 Å². The third-order valence-electron chi connectivity index (χ3n) is 3.82. The first-order chi connectivity index (χ1) is 11.6. The number of benzene rings is 2. The minimum atomic E-state index is -0.0910. The van der Waals surface area contributed by atoms with Crippen molar-refractivity contribution in [3.8, 4) is 11.5 Å². The largest absolute Gasteiger partial charge is 0.496 e. The Morgan fingerprint density at radius 1 is 1.12 bits per heavy atom. The molecule has 2 aromatic carbocycles. The fraction of sp³-hybridized carbons (Fsp3) is 0.350. The molecule has 24 heavy (non-hydrogen) atoms. The molecule has 0 saturated carbocycles. The molecule has 0 spiro atoms. The van der Waals surface area contributed by atoms with Gasteiger partial charge in [0.1, 0.15) is 11.5 Å². The fourth-order valence-corrected chi connectivity index (χ4v) is 2.47. The lowest BCUT2D eigenvalue weighted by atomic mass is 10.1. The summed E-state index contributed by atoms with van der Waals surface area (Å²) in [6, 6.07) is 15.5. The van der Waals surface area contributed by atoms with Crippen molar-refractivity contribution in [2.24, 2.45) is 0 Å². The van der Waals surface area contributed by atoms with Gasteiger partial charge in [0.15, 0.2) is 0 Å². The van der Waals surface area contributed by atoms with Crippen molar-refractivity contribution in [1.82, 2.24) is 5.32 Å². The minimum absolute atomic E-state index is 0.0147. The van der Waals surface area contributed by atoms with Crippen LogP contribution in [0.2, 0.25) is 0 Å². The first-order valence-electron chi connectivity index (χ1n) is 8.22. The summed E-state index contributed by atoms with van der Waals surface area (Å²) in [5.41, 5.74) is 2.18. The third kappa shape index (κ3) is 5.30. The second-order valence-corrected chi connectivity index (χ2v) is 5.80. The highest BCUT2D eigenvalue weighted by Gasteiger charge is 2.13. The number of amides is 1. The normalized spacial score (nSPS) is 11.6. The second-order valence-electron chi connectivity index (χ2n) is 5.80. The van der Waals surface area contributed by atoms with Crippen molar-refractivity contribution >= 4 is 5.91 Å². The molecule has 0 bridgehead atoms. The van der Waals surface area contributed by atoms with E-state index in [2.05, 4.69) is 5.32 Å². The molecule has 0 aliphatic heterocycles. The predicted octanol–water partition coefficient (Wildman–Crippen LogP) is 4.04. The molecule has 2 rings (SSSR count). The van der Waals surface area contributed by atoms with Gasteiger partial charge in [-0.05, 0) is 38.5 Å². The number of para-hydroxylation sites is 1. The summed E-state index contributed by atoms with van der Waals surface area (Å²) >= 11 is 0. The van der Waals surface area contributed by atoms with Gasteiger partial charge in [0.2, 0.25) is 5.91 Å². The Hall–Kier alpha value is -2.49. The third-order valence-corrected chi connectivity index (χ3v) is 3.82. The van der Waals surface area contributed by atoms with E-state index < -0.39 is 0 Å². The van der Waals surface area contributed by atoms with E-state index in [0.29, 0.717) is 19.4 Å². The lowest BCUT2D eigenvalue weighted by molar-refractivity contribution is -0.121. The van der Waals surface area contributed by atoms with Crippen LogP contribution in [0.5, 0.6) is 11.5 Å². The lowest BCUT2D eigenvalue weighted by Crippen LogP contribution is -2.27. The quantitative estimate of drug-likeness (QED) is 0.744. The number of hydrogen-bond donors (Lipinski definition) is 1. The highest BCUT2D eigenvalue weighted by atomic mass is 16.5. The van der Waals surface area contributed by atoms with Crippen molar-refractivity contribution < 1.29 is 14.3 Å². The van der Waals surface area contributed by atoms with E-state index in [1.165, 1.54) is 5.56 Å². The number of aryl methyl sites for hydroxylation is 1. The molecule has 0 unspecified atom stereocenters. The molecule has 1 N–H and O–H groups in total. The second kappa shape index (κ2) is 8.96. The number of ether oxygens (including phenoxy) is 2. The van der Waals surface area contributed by atoms with Crippen LogP contribution < -0.4 is 14.8 Å². The lowest BCUT2D eigenvalue weighted by Gasteiger charge is -2.17. The van der Waals surface area contributed by atoms with Crippen LogP contribution in [0.3, 0.4) is 0 Å². The number of nitrogens with one attached hydrogen (secondary N) is 1. The predicted molar refractivity (Wildman–Crippen MR) is 95.5 cm³/mol. The van der Waals surface area contributed by atoms with E-state index in [4.69, 9.17) is 9.47 Å². The van der Waals surface area contributed by atoms with E-state index in [1.54, 1.807) is 7.11 Å². The summed E-state index contributed by atoms with van der Waals surface area (Å²) in [6.07, 6.45) is 1.11. The van der Waals surface area contributed by atoms with Crippen LogP contribution in [0.15, 0.2) is 48.5 Å². The summed E-state index contributed by atoms with van der Waals surface area (Å²) in [5.74, 6) is 1.64. The molecule has 1 amide bonds. The Kier molecular flexibility index (Phi) is 6.67. The van der Waals surface area contributed by atoms with Crippen molar-refractivity contribution in [3.63, 3.8) is 0 Å². The summed E-state index contributed by atoms with van der Waals surface area (Å²) in [6.45, 7) is 4.52. The van der Waals surface area contributed by atoms with Crippen LogP contribution in [0.1, 0.15) is 36.9 Å². The van der Waals surface area contributed by atoms with E-state index in [0.717, 1.165) is 17.1 Å². The maximum absolute atomic E-state index is 12.1. The van der Waals surface area contributed by atoms with Crippen molar-refractivity contribution in [2.45, 2.75) is 32.7 Å². The summed E-state index contributed by atoms with van der Waals surface area (Å²) < 4.78 is 11.0. The van der Waals surface area contributed by atoms with Crippen molar-refractivity contribution in [2.75, 3.05) is 13.7 Å². The van der Waals surface area contributed by atoms with Crippen LogP contribution in [0.4, 0.5) is 0 Å². The Morgan fingerprint density at radius 3 is 2.54 bits per heavy atom. The summed E-state index contributed by atoms with van der Waals surface area (Å²) in [7, 11) is 1.63. The highest BCUT2D eigenvalue weighted by molar-refractivity contribution is 5.76. The Bertz CT molecular complexity index is 652. The molecule has 0 aliphatic carbocycles. The zero-order valence-corrected chi connectivity index (χ0v) is 14.5. The number of carbonyl (C=O) groups is 1. The van der Waals surface area contributed by atoms with Crippen molar-refractivity contribution in [1.29, 1.82) is 0 Å². The monoisotopic (exact) mass is 327 g/mol. The molecule has 0 aliphatic rings. The molecule has 0 aromatic heterocycles. The first kappa shape index (κ1) is 17.9. The number of rotatable bonds is 8. The van der Waals surface area contributed by atoms with Gasteiger partial charge in [-0.1, -0.05) is 35.9 Å². The van der Waals surface area contributed by atoms with Crippen LogP contribution in [0.25, 0.3) is 0 Å². The Labute approximate surface area is 143 Å². The van der Waals surface area contributed by atoms with Gasteiger partial charge in [0, 0.05) is 12.0 Å². The molecule has 4 heteroatoms. The highest BCUT2D eigenvalue weighted by Crippen LogP contribution is 2.24. The van der Waals surface area contributed by atoms with Gasteiger partial charge >= 0.3 is 0 Å². The number of methoxy groups -OCH3 is 1. The molecule has 4 nitrogen and oxygen atoms in total. The van der Waals surface area contributed by atoms with Crippen LogP contribution in [0, 0.1) is 6.92 Å². The summed E-state index contributed by atoms with van der Waals surface area (Å²) in [4.78, 5) is 12.1. The van der Waals surface area contributed by atoms with E-state index >= 15 is 0 Å². The van der Waals surface area contributed by atoms with Crippen LogP contribution in [-0.2, 0) is 4.79 Å². The Morgan fingerprint density at radius 2 is 1.83 bits per heavy atom. The van der Waals surface area contributed by atoms with Gasteiger partial charge in [-0.15, -0.1) is 0 Å². The standard InChI is InChI=1S/C20H25NO3/c1-15-10-12-17(13-11-15)24-14-6-9-20(22)21-16(2)18-7-4-5-8-19(18)23-3/h4-5,7-8,10-13,16H,6,9,14H2,1-3H3,(H,21,22)/t16-/m0/s1. The maximum atomic E-state index is 12.1. The van der Waals surface area contributed by atoms with Gasteiger partial charge < -0.3 is 14.8 Å². The van der Waals surface area contributed by atoms with Gasteiger partial charge in [-0.3, -0.25) is 4.79 Å². The molecule has 0 saturated heterocycles. The van der Waals surface area contributed by atoms with Crippen molar-refractivity contribution in [3.05, 3.63) is 59.7 Å². The van der Waals surface area contributed by atoms with Crippen LogP contribution in [-0.4, -0.2) is 19.6 Å². The minimum Gasteiger partial charge on any atom is -0.496 e. The van der Waals surface area contributed by atoms with Gasteiger partial charge in [0.05, 0.1) is 19.8 Å². The fourth-order valence-electron chi connectivity index (χ4n) is 2.47. The average molecular weight is 327 g/mol. The topological polar surface area (TPSA) is 47.6 Å². The molecule has 0 fully saturated rings. The molecular weight excluding hydrogens is 302 g/mol.